The highest BCUT2D eigenvalue weighted by Crippen LogP contribution is 2.37. The summed E-state index contributed by atoms with van der Waals surface area (Å²) in [6.07, 6.45) is 5.39. The van der Waals surface area contributed by atoms with Gasteiger partial charge >= 0.3 is 0 Å². The Bertz CT molecular complexity index is 718. The molecule has 2 heterocycles. The molecule has 0 spiro atoms. The monoisotopic (exact) mass is 364 g/mol. The minimum Gasteiger partial charge on any atom is -0.493 e. The van der Waals surface area contributed by atoms with Crippen molar-refractivity contribution in [3.8, 4) is 11.5 Å². The van der Waals surface area contributed by atoms with Crippen molar-refractivity contribution in [2.45, 2.75) is 19.3 Å². The maximum Gasteiger partial charge on any atom is 0.164 e. The largest absolute Gasteiger partial charge is 0.493 e. The van der Waals surface area contributed by atoms with E-state index in [-0.39, 0.29) is 0 Å². The molecule has 25 heavy (non-hydrogen) atoms. The molecule has 6 nitrogen and oxygen atoms in total. The second-order valence-electron chi connectivity index (χ2n) is 6.37. The Kier molecular flexibility index (Phi) is 5.94. The Balaban J connectivity index is 1.80. The molecule has 0 saturated carbocycles. The van der Waals surface area contributed by atoms with Crippen molar-refractivity contribution < 1.29 is 19.3 Å². The molecule has 0 aliphatic carbocycles. The zero-order chi connectivity index (χ0) is 17.8. The van der Waals surface area contributed by atoms with Crippen molar-refractivity contribution >= 4 is 25.0 Å². The average molecular weight is 364 g/mol. The van der Waals surface area contributed by atoms with Crippen molar-refractivity contribution in [3.63, 3.8) is 0 Å². The van der Waals surface area contributed by atoms with Crippen molar-refractivity contribution in [3.05, 3.63) is 24.4 Å². The van der Waals surface area contributed by atoms with Gasteiger partial charge in [-0.15, -0.1) is 0 Å². The first kappa shape index (κ1) is 18.2. The van der Waals surface area contributed by atoms with E-state index in [1.807, 2.05) is 18.3 Å². The fourth-order valence-corrected chi connectivity index (χ4v) is 4.09. The van der Waals surface area contributed by atoms with Gasteiger partial charge in [0, 0.05) is 42.6 Å². The van der Waals surface area contributed by atoms with Gasteiger partial charge in [-0.1, -0.05) is 0 Å². The number of rotatable bonds is 6. The third kappa shape index (κ3) is 4.14. The van der Waals surface area contributed by atoms with Gasteiger partial charge in [0.15, 0.2) is 19.9 Å². The Morgan fingerprint density at radius 3 is 2.48 bits per heavy atom. The number of aromatic nitrogens is 1. The summed E-state index contributed by atoms with van der Waals surface area (Å²) in [5.74, 6) is 1.96. The first-order chi connectivity index (χ1) is 12.1. The molecular formula is C18H25N2O4P. The first-order valence-corrected chi connectivity index (χ1v) is 9.96. The summed E-state index contributed by atoms with van der Waals surface area (Å²) < 4.78 is 10.8. The van der Waals surface area contributed by atoms with Crippen LogP contribution in [0.25, 0.3) is 10.9 Å². The molecule has 0 bridgehead atoms. The Morgan fingerprint density at radius 2 is 1.84 bits per heavy atom. The maximum absolute atomic E-state index is 9.10. The van der Waals surface area contributed by atoms with Crippen LogP contribution in [-0.2, 0) is 0 Å². The number of nitrogens with zero attached hydrogens (tertiary/aromatic N) is 2. The van der Waals surface area contributed by atoms with E-state index in [0.29, 0.717) is 23.6 Å². The lowest BCUT2D eigenvalue weighted by atomic mass is 9.94. The molecule has 7 heteroatoms. The Hall–Kier alpha value is -1.62. The third-order valence-corrected chi connectivity index (χ3v) is 5.57. The molecule has 1 aliphatic heterocycles. The normalized spacial score (nSPS) is 15.8. The highest BCUT2D eigenvalue weighted by atomic mass is 31.2. The molecule has 1 aromatic carbocycles. The quantitative estimate of drug-likeness (QED) is 0.767. The van der Waals surface area contributed by atoms with Crippen LogP contribution in [0.3, 0.4) is 0 Å². The van der Waals surface area contributed by atoms with Crippen molar-refractivity contribution in [2.24, 2.45) is 5.92 Å². The second-order valence-corrected chi connectivity index (χ2v) is 7.56. The SMILES string of the molecule is COc1cc2nccc(N3CCC(CCP(O)O)CC3)c2cc1OC. The predicted molar refractivity (Wildman–Crippen MR) is 101 cm³/mol. The van der Waals surface area contributed by atoms with E-state index >= 15 is 0 Å². The molecule has 2 aromatic rings. The van der Waals surface area contributed by atoms with Crippen molar-refractivity contribution in [1.29, 1.82) is 0 Å². The molecule has 1 fully saturated rings. The van der Waals surface area contributed by atoms with Gasteiger partial charge in [0.05, 0.1) is 19.7 Å². The van der Waals surface area contributed by atoms with Crippen LogP contribution in [0.1, 0.15) is 19.3 Å². The molecule has 3 rings (SSSR count). The summed E-state index contributed by atoms with van der Waals surface area (Å²) in [5, 5.41) is 1.06. The van der Waals surface area contributed by atoms with Crippen LogP contribution in [0.5, 0.6) is 11.5 Å². The van der Waals surface area contributed by atoms with E-state index in [2.05, 4.69) is 16.0 Å². The van der Waals surface area contributed by atoms with E-state index in [4.69, 9.17) is 19.3 Å². The van der Waals surface area contributed by atoms with E-state index in [1.165, 1.54) is 0 Å². The second kappa shape index (κ2) is 8.17. The molecule has 2 N–H and O–H groups in total. The molecular weight excluding hydrogens is 339 g/mol. The smallest absolute Gasteiger partial charge is 0.164 e. The number of ether oxygens (including phenoxy) is 2. The average Bonchev–Trinajstić information content (AvgIpc) is 2.65. The van der Waals surface area contributed by atoms with Gasteiger partial charge in [0.25, 0.3) is 0 Å². The number of hydrogen-bond donors (Lipinski definition) is 2. The van der Waals surface area contributed by atoms with Gasteiger partial charge in [0.2, 0.25) is 0 Å². The molecule has 0 radical (unpaired) electrons. The van der Waals surface area contributed by atoms with Crippen LogP contribution in [0.15, 0.2) is 24.4 Å². The van der Waals surface area contributed by atoms with E-state index < -0.39 is 8.38 Å². The number of anilines is 1. The van der Waals surface area contributed by atoms with Gasteiger partial charge < -0.3 is 24.2 Å². The third-order valence-electron chi connectivity index (χ3n) is 4.92. The number of hydrogen-bond acceptors (Lipinski definition) is 6. The van der Waals surface area contributed by atoms with Crippen LogP contribution in [0.4, 0.5) is 5.69 Å². The first-order valence-electron chi connectivity index (χ1n) is 8.53. The summed E-state index contributed by atoms with van der Waals surface area (Å²) in [4.78, 5) is 25.1. The van der Waals surface area contributed by atoms with Crippen LogP contribution >= 0.6 is 8.38 Å². The Morgan fingerprint density at radius 1 is 1.16 bits per heavy atom. The zero-order valence-corrected chi connectivity index (χ0v) is 15.6. The number of fused-ring (bicyclic) bond motifs is 1. The molecule has 1 saturated heterocycles. The zero-order valence-electron chi connectivity index (χ0n) is 14.7. The molecule has 136 valence electrons. The minimum absolute atomic E-state index is 0.523. The lowest BCUT2D eigenvalue weighted by molar-refractivity contribution is 0.355. The maximum atomic E-state index is 9.10. The standard InChI is InChI=1S/C18H25N2O4P/c1-23-17-11-14-15(12-18(17)24-2)19-7-3-16(14)20-8-4-13(5-9-20)6-10-25(21)22/h3,7,11-13,21-22H,4-6,8-10H2,1-2H3. The summed E-state index contributed by atoms with van der Waals surface area (Å²) in [7, 11) is 1.51. The highest BCUT2D eigenvalue weighted by Gasteiger charge is 2.22. The van der Waals surface area contributed by atoms with Gasteiger partial charge in [-0.25, -0.2) is 0 Å². The number of piperidine rings is 1. The van der Waals surface area contributed by atoms with Crippen LogP contribution in [0, 0.1) is 5.92 Å². The van der Waals surface area contributed by atoms with E-state index in [0.717, 1.165) is 48.9 Å². The molecule has 1 aliphatic rings. The summed E-state index contributed by atoms with van der Waals surface area (Å²) in [6.45, 7) is 1.93. The van der Waals surface area contributed by atoms with E-state index in [1.54, 1.807) is 14.2 Å². The molecule has 0 amide bonds. The number of pyridine rings is 1. The van der Waals surface area contributed by atoms with Crippen molar-refractivity contribution in [2.75, 3.05) is 38.4 Å². The molecule has 0 atom stereocenters. The molecule has 0 unspecified atom stereocenters. The summed E-state index contributed by atoms with van der Waals surface area (Å²) >= 11 is 0. The van der Waals surface area contributed by atoms with Gasteiger partial charge in [-0.05, 0) is 37.3 Å². The predicted octanol–water partition coefficient (Wildman–Crippen LogP) is 3.16. The Labute approximate surface area is 149 Å². The number of methoxy groups -OCH3 is 2. The van der Waals surface area contributed by atoms with Gasteiger partial charge in [-0.3, -0.25) is 4.98 Å². The van der Waals surface area contributed by atoms with Crippen LogP contribution in [-0.4, -0.2) is 48.2 Å². The summed E-state index contributed by atoms with van der Waals surface area (Å²) in [5.41, 5.74) is 2.06. The van der Waals surface area contributed by atoms with Gasteiger partial charge in [0.1, 0.15) is 0 Å². The fraction of sp³-hybridized carbons (Fsp3) is 0.500. The minimum atomic E-state index is -1.76. The lowest BCUT2D eigenvalue weighted by Crippen LogP contribution is -2.34. The fourth-order valence-electron chi connectivity index (χ4n) is 3.49. The number of benzene rings is 1. The van der Waals surface area contributed by atoms with Gasteiger partial charge in [-0.2, -0.15) is 0 Å². The van der Waals surface area contributed by atoms with Crippen LogP contribution in [0.2, 0.25) is 0 Å². The van der Waals surface area contributed by atoms with Crippen LogP contribution < -0.4 is 14.4 Å². The van der Waals surface area contributed by atoms with Crippen molar-refractivity contribution in [1.82, 2.24) is 4.98 Å². The summed E-state index contributed by atoms with van der Waals surface area (Å²) in [6, 6.07) is 5.96. The van der Waals surface area contributed by atoms with E-state index in [9.17, 15) is 0 Å². The lowest BCUT2D eigenvalue weighted by Gasteiger charge is -2.34. The molecule has 1 aromatic heterocycles. The highest BCUT2D eigenvalue weighted by molar-refractivity contribution is 7.45. The topological polar surface area (TPSA) is 75.1 Å².